The molecule has 0 saturated heterocycles. The van der Waals surface area contributed by atoms with Gasteiger partial charge in [0, 0.05) is 22.1 Å². The van der Waals surface area contributed by atoms with E-state index in [-0.39, 0.29) is 62.2 Å². The largest absolute Gasteiger partial charge is 1.00 e. The van der Waals surface area contributed by atoms with Gasteiger partial charge in [0.15, 0.2) is 10.8 Å². The molecular weight excluding hydrogens is 505 g/mol. The van der Waals surface area contributed by atoms with Crippen molar-refractivity contribution >= 4 is 34.2 Å². The summed E-state index contributed by atoms with van der Waals surface area (Å²) in [6.07, 6.45) is -0.731. The van der Waals surface area contributed by atoms with E-state index in [9.17, 15) is 14.7 Å². The van der Waals surface area contributed by atoms with Gasteiger partial charge in [0.05, 0.1) is 13.1 Å². The number of carboxylic acids is 1. The minimum Gasteiger partial charge on any atom is -0.543 e. The summed E-state index contributed by atoms with van der Waals surface area (Å²) in [6.45, 7) is 0. The molecule has 0 atom stereocenters. The third kappa shape index (κ3) is 6.09. The van der Waals surface area contributed by atoms with Gasteiger partial charge in [-0.2, -0.15) is 0 Å². The molecule has 0 aliphatic rings. The maximum absolute atomic E-state index is 12.0. The number of oxime groups is 1. The summed E-state index contributed by atoms with van der Waals surface area (Å²) in [4.78, 5) is 33.8. The van der Waals surface area contributed by atoms with Crippen molar-refractivity contribution in [1.82, 2.24) is 4.98 Å². The number of amides is 1. The molecule has 36 heavy (non-hydrogen) atoms. The van der Waals surface area contributed by atoms with Crippen molar-refractivity contribution in [2.24, 2.45) is 5.16 Å². The predicted molar refractivity (Wildman–Crippen MR) is 130 cm³/mol. The average molecular weight is 526 g/mol. The van der Waals surface area contributed by atoms with E-state index in [1.165, 1.54) is 12.5 Å². The van der Waals surface area contributed by atoms with Crippen LogP contribution in [0.25, 0.3) is 0 Å². The number of hydrogen-bond acceptors (Lipinski definition) is 8. The van der Waals surface area contributed by atoms with Crippen LogP contribution in [-0.4, -0.2) is 29.9 Å². The number of thiazole rings is 1. The van der Waals surface area contributed by atoms with Gasteiger partial charge in [-0.15, -0.1) is 11.3 Å². The van der Waals surface area contributed by atoms with E-state index in [0.29, 0.717) is 0 Å². The van der Waals surface area contributed by atoms with Crippen LogP contribution < -0.4 is 61.8 Å². The summed E-state index contributed by atoms with van der Waals surface area (Å²) in [5, 5.41) is 20.1. The van der Waals surface area contributed by atoms with Gasteiger partial charge in [0.2, 0.25) is 5.60 Å². The normalized spacial score (nSPS) is 11.2. The molecule has 0 fully saturated rings. The number of methoxy groups -OCH3 is 1. The quantitative estimate of drug-likeness (QED) is 0.158. The van der Waals surface area contributed by atoms with Gasteiger partial charge in [-0.3, -0.25) is 5.32 Å². The third-order valence-corrected chi connectivity index (χ3v) is 5.91. The number of nitrogens with one attached hydrogen (secondary N) is 1. The zero-order chi connectivity index (χ0) is 24.7. The fourth-order valence-corrected chi connectivity index (χ4v) is 4.24. The zero-order valence-electron chi connectivity index (χ0n) is 19.6. The summed E-state index contributed by atoms with van der Waals surface area (Å²) in [7, 11) is 1.21. The van der Waals surface area contributed by atoms with E-state index in [1.54, 1.807) is 0 Å². The van der Waals surface area contributed by atoms with Gasteiger partial charge >= 0.3 is 57.5 Å². The van der Waals surface area contributed by atoms with E-state index in [1.807, 2.05) is 91.0 Å². The first-order chi connectivity index (χ1) is 17.0. The molecule has 1 N–H and O–H groups in total. The van der Waals surface area contributed by atoms with Crippen LogP contribution in [0.4, 0.5) is 9.93 Å². The number of hydrogen-bond donors (Lipinski definition) is 1. The Hall–Kier alpha value is -2.86. The summed E-state index contributed by atoms with van der Waals surface area (Å²) in [5.74, 6) is -1.58. The molecule has 0 aliphatic heterocycles. The summed E-state index contributed by atoms with van der Waals surface area (Å²) in [6, 6.07) is 28.2. The van der Waals surface area contributed by atoms with Crippen molar-refractivity contribution in [3.63, 3.8) is 0 Å². The Morgan fingerprint density at radius 1 is 0.889 bits per heavy atom. The van der Waals surface area contributed by atoms with Crippen LogP contribution in [0.15, 0.2) is 102 Å². The molecule has 1 amide bonds. The van der Waals surface area contributed by atoms with Crippen LogP contribution in [0.3, 0.4) is 0 Å². The van der Waals surface area contributed by atoms with Gasteiger partial charge in [-0.1, -0.05) is 96.2 Å². The number of nitrogens with zero attached hydrogens (tertiary/aromatic N) is 2. The Morgan fingerprint density at radius 2 is 1.36 bits per heavy atom. The second-order valence-electron chi connectivity index (χ2n) is 7.25. The second kappa shape index (κ2) is 12.9. The van der Waals surface area contributed by atoms with Crippen molar-refractivity contribution in [3.8, 4) is 0 Å². The van der Waals surface area contributed by atoms with Crippen LogP contribution in [0.1, 0.15) is 22.4 Å². The molecule has 0 spiro atoms. The van der Waals surface area contributed by atoms with E-state index in [4.69, 9.17) is 4.84 Å². The molecule has 0 aliphatic carbocycles. The molecular formula is C26H20KN3O5S. The number of carboxylic acid groups (broad SMARTS) is 1. The van der Waals surface area contributed by atoms with Crippen molar-refractivity contribution in [1.29, 1.82) is 0 Å². The van der Waals surface area contributed by atoms with Crippen molar-refractivity contribution in [3.05, 3.63) is 119 Å². The Kier molecular flexibility index (Phi) is 9.94. The monoisotopic (exact) mass is 525 g/mol. The Morgan fingerprint density at radius 3 is 1.78 bits per heavy atom. The third-order valence-electron chi connectivity index (χ3n) is 5.15. The second-order valence-corrected chi connectivity index (χ2v) is 8.11. The fraction of sp³-hybridized carbons (Fsp3) is 0.0769. The molecule has 176 valence electrons. The Balaban J connectivity index is 0.00000361. The maximum Gasteiger partial charge on any atom is 1.00 e. The van der Waals surface area contributed by atoms with Crippen LogP contribution in [0.5, 0.6) is 0 Å². The minimum atomic E-state index is -1.58. The Bertz CT molecular complexity index is 1230. The molecule has 0 bridgehead atoms. The Labute approximate surface area is 254 Å². The van der Waals surface area contributed by atoms with Gasteiger partial charge in [0.25, 0.3) is 0 Å². The number of aromatic nitrogens is 1. The summed E-state index contributed by atoms with van der Waals surface area (Å²) in [5.41, 5.74) is 0.407. The molecule has 4 rings (SSSR count). The number of ether oxygens (including phenoxy) is 1. The molecule has 4 aromatic rings. The van der Waals surface area contributed by atoms with Crippen LogP contribution >= 0.6 is 11.3 Å². The summed E-state index contributed by atoms with van der Waals surface area (Å²) >= 11 is 1.01. The van der Waals surface area contributed by atoms with E-state index >= 15 is 0 Å². The van der Waals surface area contributed by atoms with Gasteiger partial charge in [-0.25, -0.2) is 9.78 Å². The van der Waals surface area contributed by atoms with Gasteiger partial charge < -0.3 is 19.5 Å². The van der Waals surface area contributed by atoms with Gasteiger partial charge in [0.1, 0.15) is 5.69 Å². The van der Waals surface area contributed by atoms with Crippen molar-refractivity contribution in [2.45, 2.75) is 5.60 Å². The predicted octanol–water partition coefficient (Wildman–Crippen LogP) is 0.788. The van der Waals surface area contributed by atoms with Crippen LogP contribution in [0.2, 0.25) is 0 Å². The molecule has 0 saturated carbocycles. The zero-order valence-corrected chi connectivity index (χ0v) is 23.5. The molecule has 0 unspecified atom stereocenters. The molecule has 1 heterocycles. The average Bonchev–Trinajstić information content (AvgIpc) is 3.35. The SMILES string of the molecule is COC(=O)Nc1nc(C(=NOC(c2ccccc2)(c2ccccc2)c2ccccc2)C(=O)[O-])cs1.[K+]. The topological polar surface area (TPSA) is 113 Å². The first-order valence-electron chi connectivity index (χ1n) is 10.5. The van der Waals surface area contributed by atoms with Crippen LogP contribution in [-0.2, 0) is 20.0 Å². The first-order valence-corrected chi connectivity index (χ1v) is 11.4. The first kappa shape index (κ1) is 27.7. The van der Waals surface area contributed by atoms with Crippen LogP contribution in [0, 0.1) is 0 Å². The van der Waals surface area contributed by atoms with E-state index in [0.717, 1.165) is 28.0 Å². The fourth-order valence-electron chi connectivity index (χ4n) is 3.56. The molecule has 1 aromatic heterocycles. The minimum absolute atomic E-state index is 0. The molecule has 0 radical (unpaired) electrons. The number of aliphatic carboxylic acids is 1. The summed E-state index contributed by atoms with van der Waals surface area (Å²) < 4.78 is 4.54. The number of anilines is 1. The van der Waals surface area contributed by atoms with E-state index in [2.05, 4.69) is 20.2 Å². The van der Waals surface area contributed by atoms with E-state index < -0.39 is 23.4 Å². The standard InChI is InChI=1S/C26H21N3O5S.K/c1-33-25(32)28-24-27-21(17-35-24)22(23(30)31)29-34-26(18-11-5-2-6-12-18,19-13-7-3-8-14-19)20-15-9-4-10-16-20;/h2-17H,1H3,(H,30,31)(H,27,28,32);/q;+1/p-1. The number of carbonyl (C=O) groups is 2. The number of rotatable bonds is 8. The van der Waals surface area contributed by atoms with Crippen molar-refractivity contribution in [2.75, 3.05) is 12.4 Å². The maximum atomic E-state index is 12.0. The molecule has 10 heteroatoms. The van der Waals surface area contributed by atoms with Crippen molar-refractivity contribution < 1.29 is 75.7 Å². The molecule has 8 nitrogen and oxygen atoms in total. The smallest absolute Gasteiger partial charge is 0.543 e. The molecule has 3 aromatic carbocycles. The number of benzene rings is 3. The number of carbonyl (C=O) groups excluding carboxylic acids is 2. The van der Waals surface area contributed by atoms with Gasteiger partial charge in [-0.05, 0) is 0 Å².